The summed E-state index contributed by atoms with van der Waals surface area (Å²) in [5.74, 6) is -1.79. The largest absolute Gasteiger partial charge is 0.481 e. The lowest BCUT2D eigenvalue weighted by Gasteiger charge is -2.22. The number of carbonyl (C=O) groups excluding carboxylic acids is 2. The third-order valence-electron chi connectivity index (χ3n) is 6.34. The van der Waals surface area contributed by atoms with E-state index >= 15 is 0 Å². The Hall–Kier alpha value is -3.35. The third-order valence-corrected chi connectivity index (χ3v) is 6.34. The van der Waals surface area contributed by atoms with Crippen LogP contribution in [0.25, 0.3) is 11.1 Å². The van der Waals surface area contributed by atoms with Crippen molar-refractivity contribution in [1.82, 2.24) is 10.6 Å². The smallest absolute Gasteiger partial charge is 0.407 e. The van der Waals surface area contributed by atoms with Crippen molar-refractivity contribution in [2.45, 2.75) is 32.2 Å². The van der Waals surface area contributed by atoms with Crippen LogP contribution in [-0.4, -0.2) is 42.3 Å². The second-order valence-electron chi connectivity index (χ2n) is 8.88. The molecule has 2 aliphatic carbocycles. The summed E-state index contributed by atoms with van der Waals surface area (Å²) >= 11 is 0. The Morgan fingerprint density at radius 1 is 1.03 bits per heavy atom. The molecular weight excluding hydrogens is 408 g/mol. The van der Waals surface area contributed by atoms with Crippen molar-refractivity contribution in [1.29, 1.82) is 0 Å². The second kappa shape index (κ2) is 9.02. The van der Waals surface area contributed by atoms with Crippen molar-refractivity contribution < 1.29 is 24.2 Å². The molecule has 0 radical (unpaired) electrons. The van der Waals surface area contributed by atoms with Gasteiger partial charge in [0, 0.05) is 12.5 Å². The van der Waals surface area contributed by atoms with E-state index in [4.69, 9.17) is 9.84 Å². The molecule has 0 saturated heterocycles. The molecule has 4 rings (SSSR count). The maximum atomic E-state index is 12.6. The van der Waals surface area contributed by atoms with Crippen molar-refractivity contribution in [3.63, 3.8) is 0 Å². The number of nitrogens with one attached hydrogen (secondary N) is 2. The summed E-state index contributed by atoms with van der Waals surface area (Å²) in [6.07, 6.45) is -0.0718. The molecule has 1 fully saturated rings. The highest BCUT2D eigenvalue weighted by atomic mass is 16.5. The topological polar surface area (TPSA) is 105 Å². The Bertz CT molecular complexity index is 989. The number of carbonyl (C=O) groups is 3. The van der Waals surface area contributed by atoms with Crippen molar-refractivity contribution in [2.75, 3.05) is 13.2 Å². The van der Waals surface area contributed by atoms with Crippen molar-refractivity contribution in [3.05, 3.63) is 59.7 Å². The molecule has 7 nitrogen and oxygen atoms in total. The number of alkyl carbamates (subject to hydrolysis) is 1. The van der Waals surface area contributed by atoms with Crippen LogP contribution in [0.1, 0.15) is 37.3 Å². The van der Waals surface area contributed by atoms with Crippen LogP contribution in [0.2, 0.25) is 0 Å². The minimum atomic E-state index is -0.832. The fourth-order valence-corrected chi connectivity index (χ4v) is 4.42. The first-order valence-corrected chi connectivity index (χ1v) is 11.0. The predicted molar refractivity (Wildman–Crippen MR) is 119 cm³/mol. The molecule has 1 unspecified atom stereocenters. The van der Waals surface area contributed by atoms with E-state index in [2.05, 4.69) is 22.8 Å². The maximum Gasteiger partial charge on any atom is 0.407 e. The van der Waals surface area contributed by atoms with E-state index in [-0.39, 0.29) is 36.2 Å². The van der Waals surface area contributed by atoms with Crippen LogP contribution in [0.5, 0.6) is 0 Å². The Kier molecular flexibility index (Phi) is 6.17. The summed E-state index contributed by atoms with van der Waals surface area (Å²) in [7, 11) is 0. The molecule has 2 aromatic carbocycles. The van der Waals surface area contributed by atoms with Gasteiger partial charge >= 0.3 is 12.1 Å². The molecule has 0 bridgehead atoms. The lowest BCUT2D eigenvalue weighted by Crippen LogP contribution is -2.50. The molecular formula is C25H28N2O5. The molecule has 0 spiro atoms. The molecule has 3 N–H and O–H groups in total. The third kappa shape index (κ3) is 4.47. The van der Waals surface area contributed by atoms with Gasteiger partial charge in [0.25, 0.3) is 0 Å². The first-order chi connectivity index (χ1) is 15.4. The Balaban J connectivity index is 1.34. The van der Waals surface area contributed by atoms with Gasteiger partial charge in [0.15, 0.2) is 0 Å². The average molecular weight is 437 g/mol. The standard InChI is InChI=1S/C25H28N2O5/c1-14(2)22(23(28)26-12-15-11-20(15)24(29)30)27-25(31)32-13-21-18-9-5-3-7-16(18)17-8-4-6-10-19(17)21/h3-10,14-15,20-22H,11-13H2,1-2H3,(H,26,28)(H,27,31)(H,29,30)/t15-,20-,22?/m1/s1. The number of fused-ring (bicyclic) bond motifs is 3. The molecule has 2 aliphatic rings. The summed E-state index contributed by atoms with van der Waals surface area (Å²) in [6, 6.07) is 15.4. The number of hydrogen-bond donors (Lipinski definition) is 3. The van der Waals surface area contributed by atoms with Gasteiger partial charge in [-0.3, -0.25) is 9.59 Å². The highest BCUT2D eigenvalue weighted by molar-refractivity contribution is 5.86. The maximum absolute atomic E-state index is 12.6. The molecule has 168 valence electrons. The zero-order valence-electron chi connectivity index (χ0n) is 18.2. The molecule has 3 atom stereocenters. The molecule has 1 saturated carbocycles. The van der Waals surface area contributed by atoms with Crippen LogP contribution in [0.3, 0.4) is 0 Å². The monoisotopic (exact) mass is 436 g/mol. The van der Waals surface area contributed by atoms with Crippen LogP contribution >= 0.6 is 0 Å². The van der Waals surface area contributed by atoms with Crippen LogP contribution in [0, 0.1) is 17.8 Å². The molecule has 2 aromatic rings. The quantitative estimate of drug-likeness (QED) is 0.588. The van der Waals surface area contributed by atoms with Crippen molar-refractivity contribution in [3.8, 4) is 11.1 Å². The van der Waals surface area contributed by atoms with Crippen LogP contribution < -0.4 is 10.6 Å². The lowest BCUT2D eigenvalue weighted by atomic mass is 9.98. The minimum absolute atomic E-state index is 0.0429. The summed E-state index contributed by atoms with van der Waals surface area (Å²) in [5.41, 5.74) is 4.54. The number of benzene rings is 2. The van der Waals surface area contributed by atoms with Gasteiger partial charge in [0.05, 0.1) is 5.92 Å². The summed E-state index contributed by atoms with van der Waals surface area (Å²) in [4.78, 5) is 36.1. The Morgan fingerprint density at radius 2 is 1.62 bits per heavy atom. The highest BCUT2D eigenvalue weighted by Crippen LogP contribution is 2.44. The first-order valence-electron chi connectivity index (χ1n) is 11.0. The van der Waals surface area contributed by atoms with Crippen molar-refractivity contribution >= 4 is 18.0 Å². The fraction of sp³-hybridized carbons (Fsp3) is 0.400. The zero-order chi connectivity index (χ0) is 22.8. The van der Waals surface area contributed by atoms with E-state index in [1.54, 1.807) is 0 Å². The molecule has 7 heteroatoms. The van der Waals surface area contributed by atoms with Gasteiger partial charge in [-0.25, -0.2) is 4.79 Å². The van der Waals surface area contributed by atoms with E-state index in [1.165, 1.54) is 0 Å². The fourth-order valence-electron chi connectivity index (χ4n) is 4.42. The van der Waals surface area contributed by atoms with Crippen LogP contribution in [0.15, 0.2) is 48.5 Å². The van der Waals surface area contributed by atoms with Gasteiger partial charge < -0.3 is 20.5 Å². The van der Waals surface area contributed by atoms with E-state index in [1.807, 2.05) is 50.2 Å². The van der Waals surface area contributed by atoms with E-state index in [0.29, 0.717) is 13.0 Å². The average Bonchev–Trinajstić information content (AvgIpc) is 3.50. The van der Waals surface area contributed by atoms with Crippen LogP contribution in [0.4, 0.5) is 4.79 Å². The minimum Gasteiger partial charge on any atom is -0.481 e. The van der Waals surface area contributed by atoms with Gasteiger partial charge in [-0.05, 0) is 40.5 Å². The summed E-state index contributed by atoms with van der Waals surface area (Å²) in [6.45, 7) is 4.15. The Morgan fingerprint density at radius 3 is 2.16 bits per heavy atom. The summed E-state index contributed by atoms with van der Waals surface area (Å²) in [5, 5.41) is 14.4. The SMILES string of the molecule is CC(C)C(NC(=O)OCC1c2ccccc2-c2ccccc21)C(=O)NC[C@H]1C[C@H]1C(=O)O. The molecule has 32 heavy (non-hydrogen) atoms. The molecule has 0 aliphatic heterocycles. The number of ether oxygens (including phenoxy) is 1. The highest BCUT2D eigenvalue weighted by Gasteiger charge is 2.43. The number of amides is 2. The van der Waals surface area contributed by atoms with Gasteiger partial charge in [-0.1, -0.05) is 62.4 Å². The first kappa shape index (κ1) is 21.9. The number of carboxylic acids is 1. The molecule has 0 heterocycles. The summed E-state index contributed by atoms with van der Waals surface area (Å²) < 4.78 is 5.55. The van der Waals surface area contributed by atoms with Crippen molar-refractivity contribution in [2.24, 2.45) is 17.8 Å². The lowest BCUT2D eigenvalue weighted by molar-refractivity contribution is -0.139. The second-order valence-corrected chi connectivity index (χ2v) is 8.88. The predicted octanol–water partition coefficient (Wildman–Crippen LogP) is 3.39. The molecule has 0 aromatic heterocycles. The number of aliphatic carboxylic acids is 1. The van der Waals surface area contributed by atoms with Gasteiger partial charge in [0.1, 0.15) is 12.6 Å². The van der Waals surface area contributed by atoms with Gasteiger partial charge in [-0.2, -0.15) is 0 Å². The zero-order valence-corrected chi connectivity index (χ0v) is 18.2. The Labute approximate surface area is 187 Å². The molecule has 2 amide bonds. The number of rotatable bonds is 8. The van der Waals surface area contributed by atoms with Gasteiger partial charge in [0.2, 0.25) is 5.91 Å². The normalized spacial score (nSPS) is 19.6. The number of carboxylic acid groups (broad SMARTS) is 1. The van der Waals surface area contributed by atoms with Crippen LogP contribution in [-0.2, 0) is 14.3 Å². The van der Waals surface area contributed by atoms with Gasteiger partial charge in [-0.15, -0.1) is 0 Å². The van der Waals surface area contributed by atoms with E-state index < -0.39 is 18.1 Å². The van der Waals surface area contributed by atoms with E-state index in [9.17, 15) is 14.4 Å². The van der Waals surface area contributed by atoms with E-state index in [0.717, 1.165) is 22.3 Å². The number of hydrogen-bond acceptors (Lipinski definition) is 4.